The van der Waals surface area contributed by atoms with Crippen molar-refractivity contribution in [2.24, 2.45) is 0 Å². The molecule has 166 valence electrons. The van der Waals surface area contributed by atoms with Gasteiger partial charge in [0.05, 0.1) is 11.0 Å². The smallest absolute Gasteiger partial charge is 0.269 e. The van der Waals surface area contributed by atoms with Gasteiger partial charge < -0.3 is 9.84 Å². The zero-order valence-corrected chi connectivity index (χ0v) is 17.7. The van der Waals surface area contributed by atoms with Gasteiger partial charge in [0, 0.05) is 25.1 Å². The molecule has 2 aromatic rings. The molecule has 9 nitrogen and oxygen atoms in total. The molecule has 1 aliphatic heterocycles. The third-order valence-corrected chi connectivity index (χ3v) is 6.32. The van der Waals surface area contributed by atoms with Gasteiger partial charge in [-0.2, -0.15) is 0 Å². The minimum Gasteiger partial charge on any atom is -0.508 e. The van der Waals surface area contributed by atoms with E-state index in [0.717, 1.165) is 12.8 Å². The maximum Gasteiger partial charge on any atom is 0.269 e. The first-order chi connectivity index (χ1) is 14.8. The minimum absolute atomic E-state index is 0.0359. The Bertz CT molecular complexity index is 1020. The monoisotopic (exact) mass is 447 g/mol. The molecule has 31 heavy (non-hydrogen) atoms. The van der Waals surface area contributed by atoms with Crippen LogP contribution < -0.4 is 15.6 Å². The normalized spacial score (nSPS) is 16.1. The van der Waals surface area contributed by atoms with Crippen LogP contribution in [0.2, 0.25) is 0 Å². The number of phenols is 1. The van der Waals surface area contributed by atoms with Gasteiger partial charge >= 0.3 is 0 Å². The number of hydrogen-bond donors (Lipinski definition) is 4. The van der Waals surface area contributed by atoms with Gasteiger partial charge in [-0.3, -0.25) is 20.4 Å². The number of rotatable bonds is 8. The van der Waals surface area contributed by atoms with Crippen molar-refractivity contribution in [1.29, 1.82) is 0 Å². The third kappa shape index (κ3) is 6.51. The van der Waals surface area contributed by atoms with E-state index in [0.29, 0.717) is 18.6 Å². The van der Waals surface area contributed by atoms with Gasteiger partial charge in [-0.15, -0.1) is 0 Å². The number of amides is 2. The molecule has 0 spiro atoms. The van der Waals surface area contributed by atoms with Crippen molar-refractivity contribution in [2.75, 3.05) is 13.2 Å². The second kappa shape index (κ2) is 10.4. The number of sulfonamides is 1. The molecular weight excluding hydrogens is 422 g/mol. The number of para-hydroxylation sites is 1. The Morgan fingerprint density at radius 3 is 2.48 bits per heavy atom. The lowest BCUT2D eigenvalue weighted by molar-refractivity contribution is -0.121. The molecule has 1 atom stereocenters. The van der Waals surface area contributed by atoms with Crippen LogP contribution >= 0.6 is 0 Å². The first kappa shape index (κ1) is 22.7. The lowest BCUT2D eigenvalue weighted by atomic mass is 10.1. The SMILES string of the molecule is O=C(CCc1ccccc1O)NNC(=O)c1ccc(S(=O)(=O)NCC2CCCO2)cc1. The van der Waals surface area contributed by atoms with E-state index >= 15 is 0 Å². The summed E-state index contributed by atoms with van der Waals surface area (Å²) in [4.78, 5) is 24.2. The van der Waals surface area contributed by atoms with Crippen molar-refractivity contribution in [2.45, 2.75) is 36.7 Å². The Kier molecular flexibility index (Phi) is 7.61. The fourth-order valence-corrected chi connectivity index (χ4v) is 4.17. The number of aromatic hydroxyl groups is 1. The second-order valence-electron chi connectivity index (χ2n) is 7.14. The topological polar surface area (TPSA) is 134 Å². The lowest BCUT2D eigenvalue weighted by Gasteiger charge is -2.12. The number of phenolic OH excluding ortho intramolecular Hbond substituents is 1. The Morgan fingerprint density at radius 2 is 1.81 bits per heavy atom. The highest BCUT2D eigenvalue weighted by atomic mass is 32.2. The highest BCUT2D eigenvalue weighted by Gasteiger charge is 2.20. The number of hydrogen-bond acceptors (Lipinski definition) is 6. The molecule has 1 saturated heterocycles. The summed E-state index contributed by atoms with van der Waals surface area (Å²) in [5.41, 5.74) is 5.42. The summed E-state index contributed by atoms with van der Waals surface area (Å²) < 4.78 is 32.6. The average molecular weight is 448 g/mol. The van der Waals surface area contributed by atoms with Gasteiger partial charge in [0.25, 0.3) is 5.91 Å². The number of carbonyl (C=O) groups excluding carboxylic acids is 2. The van der Waals surface area contributed by atoms with E-state index in [2.05, 4.69) is 15.6 Å². The lowest BCUT2D eigenvalue weighted by Crippen LogP contribution is -2.41. The molecular formula is C21H25N3O6S. The zero-order valence-electron chi connectivity index (χ0n) is 16.8. The molecule has 0 bridgehead atoms. The first-order valence-electron chi connectivity index (χ1n) is 9.92. The predicted molar refractivity (Wildman–Crippen MR) is 113 cm³/mol. The van der Waals surface area contributed by atoms with Gasteiger partial charge in [0.2, 0.25) is 15.9 Å². The number of benzene rings is 2. The van der Waals surface area contributed by atoms with Gasteiger partial charge in [0.15, 0.2) is 0 Å². The van der Waals surface area contributed by atoms with Crippen LogP contribution in [0.25, 0.3) is 0 Å². The van der Waals surface area contributed by atoms with E-state index < -0.39 is 21.8 Å². The van der Waals surface area contributed by atoms with E-state index in [1.165, 1.54) is 30.3 Å². The minimum atomic E-state index is -3.71. The Balaban J connectivity index is 1.47. The molecule has 0 saturated carbocycles. The summed E-state index contributed by atoms with van der Waals surface area (Å²) >= 11 is 0. The van der Waals surface area contributed by atoms with Gasteiger partial charge in [-0.25, -0.2) is 13.1 Å². The fourth-order valence-electron chi connectivity index (χ4n) is 3.11. The van der Waals surface area contributed by atoms with E-state index in [9.17, 15) is 23.1 Å². The number of nitrogens with one attached hydrogen (secondary N) is 3. The first-order valence-corrected chi connectivity index (χ1v) is 11.4. The molecule has 1 heterocycles. The van der Waals surface area contributed by atoms with Gasteiger partial charge in [-0.1, -0.05) is 18.2 Å². The van der Waals surface area contributed by atoms with E-state index in [1.54, 1.807) is 18.2 Å². The van der Waals surface area contributed by atoms with Crippen molar-refractivity contribution < 1.29 is 27.9 Å². The Morgan fingerprint density at radius 1 is 1.06 bits per heavy atom. The van der Waals surface area contributed by atoms with Crippen molar-refractivity contribution in [3.8, 4) is 5.75 Å². The van der Waals surface area contributed by atoms with Crippen LogP contribution in [0.15, 0.2) is 53.4 Å². The van der Waals surface area contributed by atoms with Crippen molar-refractivity contribution >= 4 is 21.8 Å². The van der Waals surface area contributed by atoms with Crippen LogP contribution in [0.1, 0.15) is 35.2 Å². The van der Waals surface area contributed by atoms with Crippen LogP contribution in [0.3, 0.4) is 0 Å². The molecule has 0 aliphatic carbocycles. The number of ether oxygens (including phenoxy) is 1. The molecule has 10 heteroatoms. The summed E-state index contributed by atoms with van der Waals surface area (Å²) in [6.07, 6.45) is 2.02. The predicted octanol–water partition coefficient (Wildman–Crippen LogP) is 1.24. The highest BCUT2D eigenvalue weighted by molar-refractivity contribution is 7.89. The van der Waals surface area contributed by atoms with Crippen molar-refractivity contribution in [3.63, 3.8) is 0 Å². The van der Waals surface area contributed by atoms with Gasteiger partial charge in [0.1, 0.15) is 5.75 Å². The van der Waals surface area contributed by atoms with E-state index in [1.807, 2.05) is 0 Å². The molecule has 2 amide bonds. The number of aryl methyl sites for hydroxylation is 1. The molecule has 0 aromatic heterocycles. The molecule has 1 aliphatic rings. The fraction of sp³-hybridized carbons (Fsp3) is 0.333. The molecule has 3 rings (SSSR count). The maximum absolute atomic E-state index is 12.4. The molecule has 1 unspecified atom stereocenters. The summed E-state index contributed by atoms with van der Waals surface area (Å²) in [6, 6.07) is 12.1. The summed E-state index contributed by atoms with van der Waals surface area (Å²) in [5.74, 6) is -0.888. The van der Waals surface area contributed by atoms with Crippen molar-refractivity contribution in [3.05, 3.63) is 59.7 Å². The molecule has 0 radical (unpaired) electrons. The second-order valence-corrected chi connectivity index (χ2v) is 8.91. The summed E-state index contributed by atoms with van der Waals surface area (Å²) in [5, 5.41) is 9.70. The zero-order chi connectivity index (χ0) is 22.3. The molecule has 2 aromatic carbocycles. The quantitative estimate of drug-likeness (QED) is 0.450. The highest BCUT2D eigenvalue weighted by Crippen LogP contribution is 2.17. The van der Waals surface area contributed by atoms with Crippen LogP contribution in [-0.4, -0.2) is 44.6 Å². The van der Waals surface area contributed by atoms with E-state index in [-0.39, 0.29) is 35.3 Å². The maximum atomic E-state index is 12.4. The molecule has 4 N–H and O–H groups in total. The average Bonchev–Trinajstić information content (AvgIpc) is 3.29. The molecule has 1 fully saturated rings. The van der Waals surface area contributed by atoms with E-state index in [4.69, 9.17) is 4.74 Å². The van der Waals surface area contributed by atoms with Crippen molar-refractivity contribution in [1.82, 2.24) is 15.6 Å². The standard InChI is InChI=1S/C21H25N3O6S/c25-19-6-2-1-4-15(19)9-12-20(26)23-24-21(27)16-7-10-18(11-8-16)31(28,29)22-14-17-5-3-13-30-17/h1-2,4,6-8,10-11,17,22,25H,3,5,9,12-14H2,(H,23,26)(H,24,27). The Labute approximate surface area is 180 Å². The third-order valence-electron chi connectivity index (χ3n) is 4.88. The van der Waals surface area contributed by atoms with Crippen LogP contribution in [-0.2, 0) is 26.0 Å². The van der Waals surface area contributed by atoms with Crippen LogP contribution in [0, 0.1) is 0 Å². The Hall–Kier alpha value is -2.95. The van der Waals surface area contributed by atoms with Crippen LogP contribution in [0.4, 0.5) is 0 Å². The largest absolute Gasteiger partial charge is 0.508 e. The number of carbonyl (C=O) groups is 2. The van der Waals surface area contributed by atoms with Crippen LogP contribution in [0.5, 0.6) is 5.75 Å². The number of hydrazine groups is 1. The summed E-state index contributed by atoms with van der Waals surface area (Å²) in [7, 11) is -3.71. The van der Waals surface area contributed by atoms with Gasteiger partial charge in [-0.05, 0) is 55.2 Å². The summed E-state index contributed by atoms with van der Waals surface area (Å²) in [6.45, 7) is 0.846.